The van der Waals surface area contributed by atoms with Crippen molar-refractivity contribution in [1.29, 1.82) is 0 Å². The average Bonchev–Trinajstić information content (AvgIpc) is 3.30. The highest BCUT2D eigenvalue weighted by atomic mass is 16.5. The van der Waals surface area contributed by atoms with Crippen molar-refractivity contribution in [3.05, 3.63) is 83.4 Å². The van der Waals surface area contributed by atoms with Crippen LogP contribution in [0.2, 0.25) is 0 Å². The summed E-state index contributed by atoms with van der Waals surface area (Å²) in [5.41, 5.74) is 3.41. The first-order valence-electron chi connectivity index (χ1n) is 8.66. The number of cyclic esters (lactones) is 1. The summed E-state index contributed by atoms with van der Waals surface area (Å²) in [4.78, 5) is 28.0. The summed E-state index contributed by atoms with van der Waals surface area (Å²) in [6.45, 7) is 1.07. The molecule has 0 saturated carbocycles. The maximum atomic E-state index is 12.2. The van der Waals surface area contributed by atoms with Crippen molar-refractivity contribution >= 4 is 11.9 Å². The zero-order chi connectivity index (χ0) is 18.6. The van der Waals surface area contributed by atoms with Crippen LogP contribution in [-0.2, 0) is 22.6 Å². The number of nitrogens with one attached hydrogen (secondary N) is 1. The van der Waals surface area contributed by atoms with Crippen LogP contribution in [0.1, 0.15) is 39.6 Å². The number of amides is 1. The fourth-order valence-corrected chi connectivity index (χ4v) is 3.08. The van der Waals surface area contributed by atoms with Gasteiger partial charge in [-0.25, -0.2) is 14.5 Å². The Kier molecular flexibility index (Phi) is 4.65. The summed E-state index contributed by atoms with van der Waals surface area (Å²) in [6.07, 6.45) is 2.78. The van der Waals surface area contributed by atoms with E-state index in [1.54, 1.807) is 23.1 Å². The Balaban J connectivity index is 1.30. The average molecular weight is 362 g/mol. The lowest BCUT2D eigenvalue weighted by molar-refractivity contribution is -0.123. The number of fused-ring (bicyclic) bond motifs is 1. The van der Waals surface area contributed by atoms with Crippen LogP contribution in [0, 0.1) is 0 Å². The maximum Gasteiger partial charge on any atom is 0.339 e. The smallest absolute Gasteiger partial charge is 0.339 e. The Morgan fingerprint density at radius 2 is 1.89 bits per heavy atom. The minimum absolute atomic E-state index is 0.118. The van der Waals surface area contributed by atoms with Gasteiger partial charge in [0.2, 0.25) is 5.91 Å². The van der Waals surface area contributed by atoms with Gasteiger partial charge in [-0.2, -0.15) is 5.10 Å². The van der Waals surface area contributed by atoms with Gasteiger partial charge in [0.1, 0.15) is 18.8 Å². The lowest BCUT2D eigenvalue weighted by atomic mass is 10.0. The van der Waals surface area contributed by atoms with Crippen LogP contribution in [0.25, 0.3) is 0 Å². The molecule has 27 heavy (non-hydrogen) atoms. The lowest BCUT2D eigenvalue weighted by Crippen LogP contribution is -2.24. The molecule has 1 aliphatic heterocycles. The highest BCUT2D eigenvalue weighted by Gasteiger charge is 2.31. The van der Waals surface area contributed by atoms with Crippen LogP contribution >= 0.6 is 0 Å². The van der Waals surface area contributed by atoms with E-state index in [1.165, 1.54) is 6.33 Å². The van der Waals surface area contributed by atoms with Crippen LogP contribution < -0.4 is 5.32 Å². The first-order chi connectivity index (χ1) is 13.2. The van der Waals surface area contributed by atoms with Crippen molar-refractivity contribution in [3.8, 4) is 0 Å². The molecule has 1 aromatic heterocycles. The van der Waals surface area contributed by atoms with E-state index >= 15 is 0 Å². The van der Waals surface area contributed by atoms with Crippen LogP contribution in [0.3, 0.4) is 0 Å². The number of nitrogens with zero attached hydrogens (tertiary/aromatic N) is 3. The molecule has 0 saturated heterocycles. The third-order valence-electron chi connectivity index (χ3n) is 4.47. The molecule has 0 fully saturated rings. The van der Waals surface area contributed by atoms with E-state index in [4.69, 9.17) is 4.74 Å². The topological polar surface area (TPSA) is 86.1 Å². The number of aromatic nitrogens is 3. The predicted molar refractivity (Wildman–Crippen MR) is 96.6 cm³/mol. The SMILES string of the molecule is O=C(C[C@H]1OC(=O)c2ccccc21)NCc1ccc(Cn2cncn2)cc1. The number of carbonyl (C=O) groups excluding carboxylic acids is 2. The summed E-state index contributed by atoms with van der Waals surface area (Å²) in [5, 5.41) is 6.96. The van der Waals surface area contributed by atoms with E-state index in [9.17, 15) is 9.59 Å². The Labute approximate surface area is 156 Å². The molecule has 136 valence electrons. The first kappa shape index (κ1) is 17.0. The van der Waals surface area contributed by atoms with E-state index in [2.05, 4.69) is 15.4 Å². The second-order valence-corrected chi connectivity index (χ2v) is 6.37. The molecule has 7 heteroatoms. The molecule has 4 rings (SSSR count). The standard InChI is InChI=1S/C20H18N4O3/c25-19(9-18-16-3-1-2-4-17(16)20(26)27-18)22-10-14-5-7-15(8-6-14)11-24-13-21-12-23-24/h1-8,12-13,18H,9-11H2,(H,22,25)/t18-/m1/s1. The molecule has 1 atom stereocenters. The maximum absolute atomic E-state index is 12.2. The van der Waals surface area contributed by atoms with Gasteiger partial charge < -0.3 is 10.1 Å². The van der Waals surface area contributed by atoms with Crippen LogP contribution in [0.15, 0.2) is 61.2 Å². The van der Waals surface area contributed by atoms with Crippen LogP contribution in [0.4, 0.5) is 0 Å². The van der Waals surface area contributed by atoms with Crippen molar-refractivity contribution in [3.63, 3.8) is 0 Å². The van der Waals surface area contributed by atoms with Gasteiger partial charge in [0, 0.05) is 12.1 Å². The molecule has 0 aliphatic carbocycles. The van der Waals surface area contributed by atoms with Crippen molar-refractivity contribution < 1.29 is 14.3 Å². The molecular weight excluding hydrogens is 344 g/mol. The molecule has 1 aliphatic rings. The monoisotopic (exact) mass is 362 g/mol. The lowest BCUT2D eigenvalue weighted by Gasteiger charge is -2.11. The van der Waals surface area contributed by atoms with Gasteiger partial charge in [-0.1, -0.05) is 42.5 Å². The Morgan fingerprint density at radius 3 is 2.67 bits per heavy atom. The predicted octanol–water partition coefficient (Wildman–Crippen LogP) is 2.24. The normalized spacial score (nSPS) is 15.3. The van der Waals surface area contributed by atoms with E-state index < -0.39 is 6.10 Å². The first-order valence-corrected chi connectivity index (χ1v) is 8.66. The summed E-state index contributed by atoms with van der Waals surface area (Å²) in [7, 11) is 0. The van der Waals surface area contributed by atoms with Gasteiger partial charge in [0.15, 0.2) is 0 Å². The fourth-order valence-electron chi connectivity index (χ4n) is 3.08. The van der Waals surface area contributed by atoms with Crippen molar-refractivity contribution in [2.24, 2.45) is 0 Å². The van der Waals surface area contributed by atoms with E-state index in [1.807, 2.05) is 36.4 Å². The number of esters is 1. The quantitative estimate of drug-likeness (QED) is 0.680. The summed E-state index contributed by atoms with van der Waals surface area (Å²) >= 11 is 0. The number of rotatable bonds is 6. The Hall–Kier alpha value is -3.48. The minimum Gasteiger partial charge on any atom is -0.453 e. The fraction of sp³-hybridized carbons (Fsp3) is 0.200. The molecule has 0 spiro atoms. The number of benzene rings is 2. The third kappa shape index (κ3) is 3.87. The molecule has 1 amide bonds. The van der Waals surface area contributed by atoms with Gasteiger partial charge in [-0.3, -0.25) is 4.79 Å². The van der Waals surface area contributed by atoms with Gasteiger partial charge in [-0.05, 0) is 17.2 Å². The van der Waals surface area contributed by atoms with Crippen LogP contribution in [0.5, 0.6) is 0 Å². The van der Waals surface area contributed by atoms with Crippen LogP contribution in [-0.4, -0.2) is 26.6 Å². The van der Waals surface area contributed by atoms with Crippen molar-refractivity contribution in [2.45, 2.75) is 25.6 Å². The third-order valence-corrected chi connectivity index (χ3v) is 4.47. The number of hydrogen-bond donors (Lipinski definition) is 1. The highest BCUT2D eigenvalue weighted by Crippen LogP contribution is 2.32. The Morgan fingerprint density at radius 1 is 1.11 bits per heavy atom. The molecule has 2 aromatic carbocycles. The van der Waals surface area contributed by atoms with Gasteiger partial charge in [-0.15, -0.1) is 0 Å². The molecule has 3 aromatic rings. The summed E-state index contributed by atoms with van der Waals surface area (Å²) in [5.74, 6) is -0.525. The molecule has 0 bridgehead atoms. The number of hydrogen-bond acceptors (Lipinski definition) is 5. The molecule has 0 radical (unpaired) electrons. The molecule has 1 N–H and O–H groups in total. The molecule has 0 unspecified atom stereocenters. The van der Waals surface area contributed by atoms with Gasteiger partial charge in [0.05, 0.1) is 18.5 Å². The molecular formula is C20H18N4O3. The minimum atomic E-state index is -0.515. The highest BCUT2D eigenvalue weighted by molar-refractivity contribution is 5.94. The van der Waals surface area contributed by atoms with Crippen molar-refractivity contribution in [2.75, 3.05) is 0 Å². The summed E-state index contributed by atoms with van der Waals surface area (Å²) < 4.78 is 7.05. The zero-order valence-electron chi connectivity index (χ0n) is 14.5. The van der Waals surface area contributed by atoms with Gasteiger partial charge >= 0.3 is 5.97 Å². The van der Waals surface area contributed by atoms with E-state index in [0.717, 1.165) is 16.7 Å². The van der Waals surface area contributed by atoms with E-state index in [-0.39, 0.29) is 18.3 Å². The molecule has 7 nitrogen and oxygen atoms in total. The second kappa shape index (κ2) is 7.41. The number of carbonyl (C=O) groups is 2. The number of ether oxygens (including phenoxy) is 1. The van der Waals surface area contributed by atoms with E-state index in [0.29, 0.717) is 18.7 Å². The second-order valence-electron chi connectivity index (χ2n) is 6.37. The summed E-state index contributed by atoms with van der Waals surface area (Å²) in [6, 6.07) is 15.1. The van der Waals surface area contributed by atoms with Crippen molar-refractivity contribution in [1.82, 2.24) is 20.1 Å². The molecule has 2 heterocycles. The largest absolute Gasteiger partial charge is 0.453 e. The van der Waals surface area contributed by atoms with Gasteiger partial charge in [0.25, 0.3) is 0 Å². The Bertz CT molecular complexity index is 952. The zero-order valence-corrected chi connectivity index (χ0v) is 14.5.